The number of amides is 1. The number of carbonyl (C=O) groups is 1. The van der Waals surface area contributed by atoms with Crippen molar-refractivity contribution in [3.8, 4) is 0 Å². The second-order valence-corrected chi connectivity index (χ2v) is 7.54. The van der Waals surface area contributed by atoms with Crippen LogP contribution in [0.15, 0.2) is 34.7 Å². The van der Waals surface area contributed by atoms with E-state index in [-0.39, 0.29) is 16.7 Å². The molecular weight excluding hydrogens is 380 g/mol. The van der Waals surface area contributed by atoms with Crippen molar-refractivity contribution in [1.82, 2.24) is 34.8 Å². The van der Waals surface area contributed by atoms with Crippen LogP contribution in [-0.2, 0) is 4.79 Å². The average Bonchev–Trinajstić information content (AvgIpc) is 3.21. The second-order valence-electron chi connectivity index (χ2n) is 6.35. The molecule has 11 heteroatoms. The predicted molar refractivity (Wildman–Crippen MR) is 105 cm³/mol. The van der Waals surface area contributed by atoms with Gasteiger partial charge in [-0.05, 0) is 12.5 Å². The Morgan fingerprint density at radius 1 is 1.21 bits per heavy atom. The smallest absolute Gasteiger partial charge is 0.277 e. The molecule has 0 aromatic carbocycles. The molecule has 1 saturated heterocycles. The lowest BCUT2D eigenvalue weighted by atomic mass is 10.2. The molecule has 0 bridgehead atoms. The van der Waals surface area contributed by atoms with Crippen LogP contribution in [0.1, 0.15) is 13.3 Å². The van der Waals surface area contributed by atoms with E-state index in [1.165, 1.54) is 18.1 Å². The minimum absolute atomic E-state index is 0.0471. The minimum atomic E-state index is -0.320. The Balaban J connectivity index is 1.42. The average molecular weight is 400 g/mol. The van der Waals surface area contributed by atoms with E-state index in [0.717, 1.165) is 0 Å². The molecule has 4 rings (SSSR count). The number of H-pyrrole nitrogens is 2. The highest BCUT2D eigenvalue weighted by molar-refractivity contribution is 8.00. The van der Waals surface area contributed by atoms with Gasteiger partial charge < -0.3 is 14.8 Å². The molecule has 1 amide bonds. The van der Waals surface area contributed by atoms with Crippen molar-refractivity contribution in [3.63, 3.8) is 0 Å². The number of fused-ring (bicyclic) bond motifs is 1. The number of rotatable bonds is 5. The Hall–Kier alpha value is -2.95. The van der Waals surface area contributed by atoms with E-state index < -0.39 is 0 Å². The highest BCUT2D eigenvalue weighted by atomic mass is 32.2. The fraction of sp³-hybridized carbons (Fsp3) is 0.412. The molecule has 0 spiro atoms. The zero-order valence-electron chi connectivity index (χ0n) is 15.3. The number of imidazole rings is 1. The predicted octanol–water partition coefficient (Wildman–Crippen LogP) is 0.656. The second kappa shape index (κ2) is 7.97. The number of piperazine rings is 1. The normalized spacial score (nSPS) is 15.8. The topological polar surface area (TPSA) is 124 Å². The summed E-state index contributed by atoms with van der Waals surface area (Å²) in [7, 11) is 0. The van der Waals surface area contributed by atoms with Crippen LogP contribution in [0.4, 0.5) is 5.95 Å². The van der Waals surface area contributed by atoms with Crippen molar-refractivity contribution in [3.05, 3.63) is 35.1 Å². The molecule has 28 heavy (non-hydrogen) atoms. The molecule has 146 valence electrons. The largest absolute Gasteiger partial charge is 0.339 e. The Morgan fingerprint density at radius 2 is 1.96 bits per heavy atom. The van der Waals surface area contributed by atoms with Gasteiger partial charge in [-0.15, -0.1) is 0 Å². The number of thioether (sulfide) groups is 1. The number of nitrogens with zero attached hydrogens (tertiary/aromatic N) is 6. The molecule has 3 aromatic rings. The molecule has 0 saturated carbocycles. The summed E-state index contributed by atoms with van der Waals surface area (Å²) < 4.78 is 0. The zero-order chi connectivity index (χ0) is 19.5. The lowest BCUT2D eigenvalue weighted by molar-refractivity contribution is -0.130. The molecule has 1 unspecified atom stereocenters. The van der Waals surface area contributed by atoms with Gasteiger partial charge in [-0.25, -0.2) is 19.9 Å². The van der Waals surface area contributed by atoms with Gasteiger partial charge in [0.2, 0.25) is 11.9 Å². The third-order valence-corrected chi connectivity index (χ3v) is 5.84. The molecule has 1 fully saturated rings. The molecule has 0 radical (unpaired) electrons. The maximum atomic E-state index is 13.0. The van der Waals surface area contributed by atoms with Gasteiger partial charge in [-0.2, -0.15) is 0 Å². The number of aromatic nitrogens is 6. The quantitative estimate of drug-likeness (QED) is 0.473. The van der Waals surface area contributed by atoms with E-state index in [1.807, 2.05) is 11.8 Å². The van der Waals surface area contributed by atoms with Crippen molar-refractivity contribution < 1.29 is 4.79 Å². The van der Waals surface area contributed by atoms with Gasteiger partial charge in [0.15, 0.2) is 16.3 Å². The summed E-state index contributed by atoms with van der Waals surface area (Å²) in [5, 5.41) is 0.0835. The maximum absolute atomic E-state index is 13.0. The fourth-order valence-corrected chi connectivity index (χ4v) is 4.08. The van der Waals surface area contributed by atoms with Crippen LogP contribution in [0, 0.1) is 0 Å². The summed E-state index contributed by atoms with van der Waals surface area (Å²) in [6.45, 7) is 4.54. The van der Waals surface area contributed by atoms with E-state index in [0.29, 0.717) is 54.9 Å². The monoisotopic (exact) mass is 400 g/mol. The Labute approximate surface area is 164 Å². The summed E-state index contributed by atoms with van der Waals surface area (Å²) in [4.78, 5) is 51.4. The van der Waals surface area contributed by atoms with Crippen LogP contribution in [0.2, 0.25) is 0 Å². The number of nitrogens with one attached hydrogen (secondary N) is 2. The number of hydrogen-bond donors (Lipinski definition) is 2. The standard InChI is InChI=1S/C17H20N8O2S/c1-2-11(28-17-22-13-12(14(26)23-17)20-10-21-13)15(27)24-6-8-25(9-7-24)16-18-4-3-5-19-16/h3-5,10-11H,2,6-9H2,1H3,(H2,20,21,22,23,26). The first-order valence-electron chi connectivity index (χ1n) is 9.06. The first kappa shape index (κ1) is 18.4. The van der Waals surface area contributed by atoms with Crippen LogP contribution in [0.5, 0.6) is 0 Å². The molecule has 1 atom stereocenters. The van der Waals surface area contributed by atoms with Gasteiger partial charge in [0.05, 0.1) is 11.6 Å². The first-order valence-corrected chi connectivity index (χ1v) is 9.94. The molecule has 1 aliphatic heterocycles. The molecular formula is C17H20N8O2S. The lowest BCUT2D eigenvalue weighted by Gasteiger charge is -2.36. The molecule has 4 heterocycles. The fourth-order valence-electron chi connectivity index (χ4n) is 3.11. The van der Waals surface area contributed by atoms with Gasteiger partial charge in [0, 0.05) is 38.6 Å². The third-order valence-electron chi connectivity index (χ3n) is 4.60. The lowest BCUT2D eigenvalue weighted by Crippen LogP contribution is -2.51. The number of carbonyl (C=O) groups excluding carboxylic acids is 1. The van der Waals surface area contributed by atoms with E-state index in [1.54, 1.807) is 18.5 Å². The van der Waals surface area contributed by atoms with Gasteiger partial charge in [0.25, 0.3) is 5.56 Å². The van der Waals surface area contributed by atoms with E-state index in [4.69, 9.17) is 0 Å². The number of hydrogen-bond acceptors (Lipinski definition) is 8. The summed E-state index contributed by atoms with van der Waals surface area (Å²) in [6.07, 6.45) is 5.49. The van der Waals surface area contributed by atoms with Gasteiger partial charge >= 0.3 is 0 Å². The van der Waals surface area contributed by atoms with Crippen molar-refractivity contribution in [2.45, 2.75) is 23.8 Å². The highest BCUT2D eigenvalue weighted by Crippen LogP contribution is 2.24. The molecule has 0 aliphatic carbocycles. The SMILES string of the molecule is CCC(Sc1nc2nc[nH]c2c(=O)[nH]1)C(=O)N1CCN(c2ncccn2)CC1. The van der Waals surface area contributed by atoms with E-state index >= 15 is 0 Å². The summed E-state index contributed by atoms with van der Waals surface area (Å²) in [5.41, 5.74) is 0.400. The van der Waals surface area contributed by atoms with Crippen molar-refractivity contribution in [2.75, 3.05) is 31.1 Å². The van der Waals surface area contributed by atoms with E-state index in [9.17, 15) is 9.59 Å². The van der Waals surface area contributed by atoms with Crippen LogP contribution in [0.3, 0.4) is 0 Å². The Kier molecular flexibility index (Phi) is 5.24. The van der Waals surface area contributed by atoms with Crippen molar-refractivity contribution in [1.29, 1.82) is 0 Å². The zero-order valence-corrected chi connectivity index (χ0v) is 16.1. The summed E-state index contributed by atoms with van der Waals surface area (Å²) in [5.74, 6) is 0.732. The van der Waals surface area contributed by atoms with Gasteiger partial charge in [0.1, 0.15) is 0 Å². The summed E-state index contributed by atoms with van der Waals surface area (Å²) >= 11 is 1.27. The third kappa shape index (κ3) is 3.70. The Bertz CT molecular complexity index is 1010. The number of anilines is 1. The van der Waals surface area contributed by atoms with Crippen LogP contribution < -0.4 is 10.5 Å². The molecule has 1 aliphatic rings. The van der Waals surface area contributed by atoms with Crippen LogP contribution in [-0.4, -0.2) is 72.1 Å². The van der Waals surface area contributed by atoms with Crippen LogP contribution in [0.25, 0.3) is 11.2 Å². The molecule has 10 nitrogen and oxygen atoms in total. The highest BCUT2D eigenvalue weighted by Gasteiger charge is 2.28. The minimum Gasteiger partial charge on any atom is -0.339 e. The van der Waals surface area contributed by atoms with Crippen molar-refractivity contribution >= 4 is 34.8 Å². The first-order chi connectivity index (χ1) is 13.7. The van der Waals surface area contributed by atoms with E-state index in [2.05, 4.69) is 34.8 Å². The van der Waals surface area contributed by atoms with Gasteiger partial charge in [-0.1, -0.05) is 18.7 Å². The van der Waals surface area contributed by atoms with Gasteiger partial charge in [-0.3, -0.25) is 14.6 Å². The van der Waals surface area contributed by atoms with Crippen molar-refractivity contribution in [2.24, 2.45) is 0 Å². The Morgan fingerprint density at radius 3 is 2.68 bits per heavy atom. The summed E-state index contributed by atoms with van der Waals surface area (Å²) in [6, 6.07) is 1.78. The van der Waals surface area contributed by atoms with Crippen LogP contribution >= 0.6 is 11.8 Å². The molecule has 2 N–H and O–H groups in total. The molecule has 3 aromatic heterocycles. The number of aromatic amines is 2. The maximum Gasteiger partial charge on any atom is 0.277 e.